The molecule has 2 aromatic rings. The molecule has 7 nitrogen and oxygen atoms in total. The van der Waals surface area contributed by atoms with Crippen LogP contribution in [0.5, 0.6) is 5.75 Å². The number of benzene rings is 1. The van der Waals surface area contributed by atoms with E-state index in [1.165, 1.54) is 30.3 Å². The maximum absolute atomic E-state index is 12.6. The number of esters is 1. The van der Waals surface area contributed by atoms with Gasteiger partial charge >= 0.3 is 5.97 Å². The summed E-state index contributed by atoms with van der Waals surface area (Å²) in [5, 5.41) is 4.51. The number of likely N-dealkylation sites (tertiary alicyclic amines) is 1. The molecule has 0 aliphatic carbocycles. The predicted molar refractivity (Wildman–Crippen MR) is 106 cm³/mol. The smallest absolute Gasteiger partial charge is 0.329 e. The van der Waals surface area contributed by atoms with E-state index in [9.17, 15) is 14.4 Å². The summed E-state index contributed by atoms with van der Waals surface area (Å²) in [5.74, 6) is -0.699. The van der Waals surface area contributed by atoms with Crippen molar-refractivity contribution >= 4 is 34.8 Å². The molecule has 1 saturated heterocycles. The molecular formula is C20H22N2O5S. The highest BCUT2D eigenvalue weighted by Crippen LogP contribution is 2.25. The number of nitrogens with one attached hydrogen (secondary N) is 1. The third-order valence-electron chi connectivity index (χ3n) is 4.54. The summed E-state index contributed by atoms with van der Waals surface area (Å²) in [6.07, 6.45) is 0.242. The largest absolute Gasteiger partial charge is 0.495 e. The summed E-state index contributed by atoms with van der Waals surface area (Å²) in [6, 6.07) is 9.83. The van der Waals surface area contributed by atoms with E-state index in [0.29, 0.717) is 29.3 Å². The van der Waals surface area contributed by atoms with Crippen LogP contribution in [0.1, 0.15) is 29.4 Å². The van der Waals surface area contributed by atoms with Crippen LogP contribution in [0.4, 0.5) is 5.69 Å². The van der Waals surface area contributed by atoms with Crippen LogP contribution < -0.4 is 10.1 Å². The second-order valence-electron chi connectivity index (χ2n) is 6.40. The first-order chi connectivity index (χ1) is 13.5. The van der Waals surface area contributed by atoms with E-state index in [4.69, 9.17) is 9.47 Å². The van der Waals surface area contributed by atoms with Gasteiger partial charge in [-0.15, -0.1) is 11.3 Å². The zero-order valence-electron chi connectivity index (χ0n) is 15.7. The van der Waals surface area contributed by atoms with Gasteiger partial charge in [-0.25, -0.2) is 4.79 Å². The minimum absolute atomic E-state index is 0.180. The Kier molecular flexibility index (Phi) is 6.30. The monoisotopic (exact) mass is 402 g/mol. The van der Waals surface area contributed by atoms with Crippen LogP contribution >= 0.6 is 11.3 Å². The van der Waals surface area contributed by atoms with Crippen molar-refractivity contribution in [1.29, 1.82) is 0 Å². The predicted octanol–water partition coefficient (Wildman–Crippen LogP) is 2.93. The van der Waals surface area contributed by atoms with Gasteiger partial charge in [0.1, 0.15) is 11.8 Å². The number of carbonyl (C=O) groups is 3. The van der Waals surface area contributed by atoms with Crippen LogP contribution in [-0.2, 0) is 14.3 Å². The van der Waals surface area contributed by atoms with E-state index in [0.717, 1.165) is 6.42 Å². The molecule has 0 spiro atoms. The van der Waals surface area contributed by atoms with Crippen LogP contribution in [-0.4, -0.2) is 48.5 Å². The fourth-order valence-electron chi connectivity index (χ4n) is 3.09. The summed E-state index contributed by atoms with van der Waals surface area (Å²) < 4.78 is 10.6. The number of ether oxygens (including phenoxy) is 2. The highest BCUT2D eigenvalue weighted by atomic mass is 32.1. The average Bonchev–Trinajstić information content (AvgIpc) is 3.39. The summed E-state index contributed by atoms with van der Waals surface area (Å²) in [4.78, 5) is 39.7. The van der Waals surface area contributed by atoms with Crippen LogP contribution in [0, 0.1) is 0 Å². The standard InChI is InChI=1S/C20H22N2O5S/c1-13(18(23)21-14-7-3-4-9-16(14)26-2)27-20(25)15-8-5-11-22(15)19(24)17-10-6-12-28-17/h3-4,6-7,9-10,12-13,15H,5,8,11H2,1-2H3,(H,21,23)/t13-,15+/m1/s1. The molecule has 28 heavy (non-hydrogen) atoms. The normalized spacial score (nSPS) is 17.1. The number of hydrogen-bond acceptors (Lipinski definition) is 6. The lowest BCUT2D eigenvalue weighted by molar-refractivity contribution is -0.156. The van der Waals surface area contributed by atoms with Gasteiger partial charge in [0.05, 0.1) is 17.7 Å². The molecule has 1 aliphatic rings. The molecule has 2 heterocycles. The van der Waals surface area contributed by atoms with Gasteiger partial charge in [0.15, 0.2) is 6.10 Å². The second-order valence-corrected chi connectivity index (χ2v) is 7.35. The Labute approximate surface area is 167 Å². The Morgan fingerprint density at radius 1 is 1.21 bits per heavy atom. The SMILES string of the molecule is COc1ccccc1NC(=O)[C@@H](C)OC(=O)[C@@H]1CCCN1C(=O)c1cccs1. The van der Waals surface area contributed by atoms with Crippen molar-refractivity contribution in [2.45, 2.75) is 31.9 Å². The van der Waals surface area contributed by atoms with Gasteiger partial charge in [-0.2, -0.15) is 0 Å². The van der Waals surface area contributed by atoms with E-state index in [-0.39, 0.29) is 5.91 Å². The average molecular weight is 402 g/mol. The maximum Gasteiger partial charge on any atom is 0.329 e. The minimum Gasteiger partial charge on any atom is -0.495 e. The van der Waals surface area contributed by atoms with Gasteiger partial charge in [0.2, 0.25) is 0 Å². The third kappa shape index (κ3) is 4.33. The maximum atomic E-state index is 12.6. The first kappa shape index (κ1) is 19.9. The van der Waals surface area contributed by atoms with Crippen molar-refractivity contribution in [3.8, 4) is 5.75 Å². The molecule has 1 aromatic carbocycles. The summed E-state index contributed by atoms with van der Waals surface area (Å²) >= 11 is 1.34. The third-order valence-corrected chi connectivity index (χ3v) is 5.40. The highest BCUT2D eigenvalue weighted by Gasteiger charge is 2.37. The van der Waals surface area contributed by atoms with E-state index in [2.05, 4.69) is 5.32 Å². The van der Waals surface area contributed by atoms with Gasteiger partial charge in [0.25, 0.3) is 11.8 Å². The van der Waals surface area contributed by atoms with Gasteiger partial charge in [0, 0.05) is 6.54 Å². The molecule has 2 atom stereocenters. The zero-order valence-corrected chi connectivity index (χ0v) is 16.5. The van der Waals surface area contributed by atoms with E-state index >= 15 is 0 Å². The quantitative estimate of drug-likeness (QED) is 0.751. The topological polar surface area (TPSA) is 84.9 Å². The number of carbonyl (C=O) groups excluding carboxylic acids is 3. The molecule has 1 N–H and O–H groups in total. The molecule has 8 heteroatoms. The molecule has 0 bridgehead atoms. The first-order valence-electron chi connectivity index (χ1n) is 9.00. The Balaban J connectivity index is 1.61. The fraction of sp³-hybridized carbons (Fsp3) is 0.350. The van der Waals surface area contributed by atoms with E-state index < -0.39 is 24.0 Å². The van der Waals surface area contributed by atoms with Crippen molar-refractivity contribution < 1.29 is 23.9 Å². The lowest BCUT2D eigenvalue weighted by Gasteiger charge is -2.24. The van der Waals surface area contributed by atoms with Crippen molar-refractivity contribution in [2.24, 2.45) is 0 Å². The molecule has 0 saturated carbocycles. The molecule has 1 aromatic heterocycles. The lowest BCUT2D eigenvalue weighted by Crippen LogP contribution is -2.43. The van der Waals surface area contributed by atoms with E-state index in [1.54, 1.807) is 36.4 Å². The van der Waals surface area contributed by atoms with Crippen molar-refractivity contribution in [3.05, 3.63) is 46.7 Å². The van der Waals surface area contributed by atoms with Crippen LogP contribution in [0.15, 0.2) is 41.8 Å². The second kappa shape index (κ2) is 8.88. The number of anilines is 1. The van der Waals surface area contributed by atoms with Crippen LogP contribution in [0.2, 0.25) is 0 Å². The summed E-state index contributed by atoms with van der Waals surface area (Å²) in [7, 11) is 1.51. The summed E-state index contributed by atoms with van der Waals surface area (Å²) in [6.45, 7) is 2.00. The van der Waals surface area contributed by atoms with Crippen molar-refractivity contribution in [2.75, 3.05) is 19.0 Å². The molecular weight excluding hydrogens is 380 g/mol. The number of amides is 2. The van der Waals surface area contributed by atoms with E-state index in [1.807, 2.05) is 5.38 Å². The molecule has 148 valence electrons. The summed E-state index contributed by atoms with van der Waals surface area (Å²) in [5.41, 5.74) is 0.494. The Hall–Kier alpha value is -2.87. The number of methoxy groups -OCH3 is 1. The molecule has 0 radical (unpaired) electrons. The first-order valence-corrected chi connectivity index (χ1v) is 9.88. The van der Waals surface area contributed by atoms with Crippen molar-refractivity contribution in [1.82, 2.24) is 4.90 Å². The van der Waals surface area contributed by atoms with Gasteiger partial charge in [-0.3, -0.25) is 9.59 Å². The molecule has 1 fully saturated rings. The van der Waals surface area contributed by atoms with Crippen LogP contribution in [0.25, 0.3) is 0 Å². The number of hydrogen-bond donors (Lipinski definition) is 1. The van der Waals surface area contributed by atoms with Crippen molar-refractivity contribution in [3.63, 3.8) is 0 Å². The minimum atomic E-state index is -1.00. The highest BCUT2D eigenvalue weighted by molar-refractivity contribution is 7.12. The fourth-order valence-corrected chi connectivity index (χ4v) is 3.76. The number of nitrogens with zero attached hydrogens (tertiary/aromatic N) is 1. The van der Waals surface area contributed by atoms with Crippen LogP contribution in [0.3, 0.4) is 0 Å². The van der Waals surface area contributed by atoms with Gasteiger partial charge in [-0.05, 0) is 43.3 Å². The lowest BCUT2D eigenvalue weighted by atomic mass is 10.2. The molecule has 1 aliphatic heterocycles. The zero-order chi connectivity index (χ0) is 20.1. The van der Waals surface area contributed by atoms with Gasteiger partial charge < -0.3 is 19.7 Å². The Bertz CT molecular complexity index is 852. The number of thiophene rings is 1. The van der Waals surface area contributed by atoms with Gasteiger partial charge in [-0.1, -0.05) is 18.2 Å². The number of rotatable bonds is 6. The molecule has 0 unspecified atom stereocenters. The molecule has 2 amide bonds. The Morgan fingerprint density at radius 2 is 2.00 bits per heavy atom. The Morgan fingerprint density at radius 3 is 2.71 bits per heavy atom. The molecule has 3 rings (SSSR count). The number of para-hydroxylation sites is 2.